The van der Waals surface area contributed by atoms with Gasteiger partial charge in [-0.15, -0.1) is 0 Å². The minimum Gasteiger partial charge on any atom is -0.493 e. The SMILES string of the molecule is COc1cc(C(=O)N(C)Cc2ccc(N3CCCCC3)cc2)cc(OC)c1OCC(N)=O. The molecule has 3 rings (SSSR count). The summed E-state index contributed by atoms with van der Waals surface area (Å²) in [6.45, 7) is 2.33. The van der Waals surface area contributed by atoms with E-state index in [0.717, 1.165) is 18.7 Å². The van der Waals surface area contributed by atoms with Crippen molar-refractivity contribution >= 4 is 17.5 Å². The van der Waals surface area contributed by atoms with E-state index in [1.807, 2.05) is 0 Å². The molecule has 0 bridgehead atoms. The largest absolute Gasteiger partial charge is 0.493 e. The Morgan fingerprint density at radius 2 is 1.59 bits per heavy atom. The summed E-state index contributed by atoms with van der Waals surface area (Å²) in [6.07, 6.45) is 3.77. The molecule has 8 heteroatoms. The van der Waals surface area contributed by atoms with E-state index in [2.05, 4.69) is 29.2 Å². The fraction of sp³-hybridized carbons (Fsp3) is 0.417. The number of carbonyl (C=O) groups excluding carboxylic acids is 2. The van der Waals surface area contributed by atoms with Gasteiger partial charge in [-0.2, -0.15) is 0 Å². The number of amides is 2. The maximum absolute atomic E-state index is 13.1. The van der Waals surface area contributed by atoms with Gasteiger partial charge in [-0.25, -0.2) is 0 Å². The van der Waals surface area contributed by atoms with Gasteiger partial charge in [0.2, 0.25) is 5.75 Å². The number of benzene rings is 2. The van der Waals surface area contributed by atoms with Crippen LogP contribution in [-0.4, -0.2) is 57.7 Å². The first-order chi connectivity index (χ1) is 15.4. The van der Waals surface area contributed by atoms with E-state index in [1.165, 1.54) is 39.2 Å². The first kappa shape index (κ1) is 23.2. The van der Waals surface area contributed by atoms with Crippen LogP contribution in [0.25, 0.3) is 0 Å². The van der Waals surface area contributed by atoms with Crippen molar-refractivity contribution in [2.45, 2.75) is 25.8 Å². The lowest BCUT2D eigenvalue weighted by atomic mass is 10.1. The number of nitrogens with zero attached hydrogens (tertiary/aromatic N) is 2. The summed E-state index contributed by atoms with van der Waals surface area (Å²) < 4.78 is 16.1. The van der Waals surface area contributed by atoms with Crippen LogP contribution in [-0.2, 0) is 11.3 Å². The van der Waals surface area contributed by atoms with Gasteiger partial charge < -0.3 is 29.7 Å². The summed E-state index contributed by atoms with van der Waals surface area (Å²) in [6, 6.07) is 11.5. The van der Waals surface area contributed by atoms with Crippen molar-refractivity contribution in [3.63, 3.8) is 0 Å². The van der Waals surface area contributed by atoms with Gasteiger partial charge in [0.25, 0.3) is 11.8 Å². The molecule has 2 aromatic carbocycles. The lowest BCUT2D eigenvalue weighted by Crippen LogP contribution is -2.29. The quantitative estimate of drug-likeness (QED) is 0.643. The van der Waals surface area contributed by atoms with Gasteiger partial charge in [-0.3, -0.25) is 9.59 Å². The minimum atomic E-state index is -0.625. The third kappa shape index (κ3) is 5.63. The summed E-state index contributed by atoms with van der Waals surface area (Å²) in [7, 11) is 4.65. The maximum atomic E-state index is 13.1. The molecule has 1 heterocycles. The van der Waals surface area contributed by atoms with E-state index >= 15 is 0 Å². The predicted octanol–water partition coefficient (Wildman–Crippen LogP) is 2.83. The molecule has 0 aliphatic carbocycles. The molecule has 0 aromatic heterocycles. The Kier molecular flexibility index (Phi) is 7.81. The molecule has 0 radical (unpaired) electrons. The summed E-state index contributed by atoms with van der Waals surface area (Å²) in [5.41, 5.74) is 7.81. The van der Waals surface area contributed by atoms with E-state index in [-0.39, 0.29) is 29.8 Å². The van der Waals surface area contributed by atoms with Crippen LogP contribution >= 0.6 is 0 Å². The second-order valence-corrected chi connectivity index (χ2v) is 7.84. The number of rotatable bonds is 9. The Morgan fingerprint density at radius 3 is 2.12 bits per heavy atom. The highest BCUT2D eigenvalue weighted by Crippen LogP contribution is 2.39. The van der Waals surface area contributed by atoms with Crippen molar-refractivity contribution < 1.29 is 23.8 Å². The molecule has 1 fully saturated rings. The summed E-state index contributed by atoms with van der Waals surface area (Å²) in [4.78, 5) is 28.2. The molecule has 0 saturated carbocycles. The maximum Gasteiger partial charge on any atom is 0.255 e. The van der Waals surface area contributed by atoms with Crippen molar-refractivity contribution in [1.29, 1.82) is 0 Å². The number of primary amides is 1. The van der Waals surface area contributed by atoms with Gasteiger partial charge in [-0.05, 0) is 49.1 Å². The molecule has 0 unspecified atom stereocenters. The third-order valence-electron chi connectivity index (χ3n) is 5.49. The molecule has 2 N–H and O–H groups in total. The van der Waals surface area contributed by atoms with Gasteiger partial charge in [0.1, 0.15) is 0 Å². The minimum absolute atomic E-state index is 0.192. The van der Waals surface area contributed by atoms with Crippen LogP contribution in [0.2, 0.25) is 0 Å². The molecule has 2 amide bonds. The number of methoxy groups -OCH3 is 2. The zero-order valence-corrected chi connectivity index (χ0v) is 18.9. The van der Waals surface area contributed by atoms with Crippen molar-refractivity contribution in [3.8, 4) is 17.2 Å². The normalized spacial score (nSPS) is 13.4. The molecular formula is C24H31N3O5. The zero-order chi connectivity index (χ0) is 23.1. The van der Waals surface area contributed by atoms with E-state index in [0.29, 0.717) is 12.1 Å². The summed E-state index contributed by atoms with van der Waals surface area (Å²) >= 11 is 0. The van der Waals surface area contributed by atoms with Crippen molar-refractivity contribution in [1.82, 2.24) is 4.90 Å². The molecule has 8 nitrogen and oxygen atoms in total. The van der Waals surface area contributed by atoms with Crippen LogP contribution in [0.3, 0.4) is 0 Å². The fourth-order valence-corrected chi connectivity index (χ4v) is 3.82. The molecular weight excluding hydrogens is 410 g/mol. The van der Waals surface area contributed by atoms with Crippen LogP contribution < -0.4 is 24.8 Å². The van der Waals surface area contributed by atoms with Crippen molar-refractivity contribution in [3.05, 3.63) is 47.5 Å². The fourth-order valence-electron chi connectivity index (χ4n) is 3.82. The standard InChI is InChI=1S/C24H31N3O5/c1-26(15-17-7-9-19(10-8-17)27-11-5-4-6-12-27)24(29)18-13-20(30-2)23(21(14-18)31-3)32-16-22(25)28/h7-10,13-14H,4-6,11-12,15-16H2,1-3H3,(H2,25,28). The molecule has 1 saturated heterocycles. The number of carbonyl (C=O) groups is 2. The molecule has 2 aromatic rings. The molecule has 0 atom stereocenters. The van der Waals surface area contributed by atoms with E-state index in [4.69, 9.17) is 19.9 Å². The van der Waals surface area contributed by atoms with Gasteiger partial charge in [0.15, 0.2) is 18.1 Å². The Labute approximate surface area is 188 Å². The Bertz CT molecular complexity index is 914. The van der Waals surface area contributed by atoms with Crippen molar-refractivity contribution in [2.75, 3.05) is 45.9 Å². The monoisotopic (exact) mass is 441 g/mol. The Morgan fingerprint density at radius 1 is 1.00 bits per heavy atom. The van der Waals surface area contributed by atoms with Crippen LogP contribution in [0.5, 0.6) is 17.2 Å². The lowest BCUT2D eigenvalue weighted by molar-refractivity contribution is -0.120. The van der Waals surface area contributed by atoms with Gasteiger partial charge >= 0.3 is 0 Å². The highest BCUT2D eigenvalue weighted by molar-refractivity contribution is 5.95. The second kappa shape index (κ2) is 10.7. The number of ether oxygens (including phenoxy) is 3. The smallest absolute Gasteiger partial charge is 0.255 e. The number of anilines is 1. The highest BCUT2D eigenvalue weighted by atomic mass is 16.5. The summed E-state index contributed by atoms with van der Waals surface area (Å²) in [5.74, 6) is -0.0220. The topological polar surface area (TPSA) is 94.3 Å². The van der Waals surface area contributed by atoms with E-state index < -0.39 is 5.91 Å². The van der Waals surface area contributed by atoms with Crippen LogP contribution in [0.1, 0.15) is 35.2 Å². The van der Waals surface area contributed by atoms with Crippen LogP contribution in [0, 0.1) is 0 Å². The van der Waals surface area contributed by atoms with Crippen molar-refractivity contribution in [2.24, 2.45) is 5.73 Å². The van der Waals surface area contributed by atoms with Gasteiger partial charge in [0, 0.05) is 37.9 Å². The highest BCUT2D eigenvalue weighted by Gasteiger charge is 2.21. The zero-order valence-electron chi connectivity index (χ0n) is 18.9. The molecule has 172 valence electrons. The predicted molar refractivity (Wildman–Crippen MR) is 123 cm³/mol. The first-order valence-corrected chi connectivity index (χ1v) is 10.7. The van der Waals surface area contributed by atoms with E-state index in [1.54, 1.807) is 24.1 Å². The number of nitrogens with two attached hydrogens (primary N) is 1. The third-order valence-corrected chi connectivity index (χ3v) is 5.49. The van der Waals surface area contributed by atoms with Gasteiger partial charge in [0.05, 0.1) is 14.2 Å². The van der Waals surface area contributed by atoms with Gasteiger partial charge in [-0.1, -0.05) is 12.1 Å². The van der Waals surface area contributed by atoms with E-state index in [9.17, 15) is 9.59 Å². The number of hydrogen-bond acceptors (Lipinski definition) is 6. The number of piperidine rings is 1. The Balaban J connectivity index is 1.72. The number of hydrogen-bond donors (Lipinski definition) is 1. The molecule has 32 heavy (non-hydrogen) atoms. The molecule has 0 spiro atoms. The molecule has 1 aliphatic heterocycles. The second-order valence-electron chi connectivity index (χ2n) is 7.84. The lowest BCUT2D eigenvalue weighted by Gasteiger charge is -2.29. The van der Waals surface area contributed by atoms with Crippen LogP contribution in [0.4, 0.5) is 5.69 Å². The first-order valence-electron chi connectivity index (χ1n) is 10.7. The Hall–Kier alpha value is -3.42. The summed E-state index contributed by atoms with van der Waals surface area (Å²) in [5, 5.41) is 0. The van der Waals surface area contributed by atoms with Crippen LogP contribution in [0.15, 0.2) is 36.4 Å². The average Bonchev–Trinajstić information content (AvgIpc) is 2.82. The average molecular weight is 442 g/mol. The molecule has 1 aliphatic rings.